The van der Waals surface area contributed by atoms with Gasteiger partial charge in [-0.15, -0.1) is 0 Å². The number of rotatable bonds is 5. The molecule has 0 radical (unpaired) electrons. The molecule has 0 aromatic heterocycles. The van der Waals surface area contributed by atoms with Gasteiger partial charge in [-0.05, 0) is 42.8 Å². The number of carboxylic acids is 1. The van der Waals surface area contributed by atoms with Crippen LogP contribution < -0.4 is 16.4 Å². The number of carbonyl (C=O) groups excluding carboxylic acids is 1. The van der Waals surface area contributed by atoms with Crippen LogP contribution in [-0.4, -0.2) is 29.6 Å². The Hall–Kier alpha value is -2.28. The van der Waals surface area contributed by atoms with Crippen molar-refractivity contribution in [1.82, 2.24) is 5.32 Å². The van der Waals surface area contributed by atoms with Gasteiger partial charge in [0.1, 0.15) is 6.04 Å². The average Bonchev–Trinajstić information content (AvgIpc) is 2.61. The van der Waals surface area contributed by atoms with E-state index in [0.29, 0.717) is 33.4 Å². The summed E-state index contributed by atoms with van der Waals surface area (Å²) in [6.45, 7) is 0.537. The molecule has 0 fully saturated rings. The van der Waals surface area contributed by atoms with Crippen LogP contribution in [0, 0.1) is 0 Å². The highest BCUT2D eigenvalue weighted by Gasteiger charge is 2.33. The van der Waals surface area contributed by atoms with Crippen molar-refractivity contribution in [3.8, 4) is 0 Å². The van der Waals surface area contributed by atoms with Gasteiger partial charge in [0.25, 0.3) is 5.91 Å². The van der Waals surface area contributed by atoms with Crippen molar-refractivity contribution in [2.45, 2.75) is 24.9 Å². The predicted octanol–water partition coefficient (Wildman–Crippen LogP) is 3.23. The van der Waals surface area contributed by atoms with Crippen molar-refractivity contribution in [3.05, 3.63) is 63.1 Å². The zero-order chi connectivity index (χ0) is 19.6. The zero-order valence-electron chi connectivity index (χ0n) is 14.3. The third kappa shape index (κ3) is 4.35. The Labute approximate surface area is 166 Å². The number of carbonyl (C=O) groups is 2. The highest BCUT2D eigenvalue weighted by Crippen LogP contribution is 2.40. The Bertz CT molecular complexity index is 871. The first-order valence-corrected chi connectivity index (χ1v) is 9.22. The molecular weight excluding hydrogens is 389 g/mol. The minimum Gasteiger partial charge on any atom is -0.480 e. The molecule has 0 spiro atoms. The molecule has 5 N–H and O–H groups in total. The van der Waals surface area contributed by atoms with E-state index in [-0.39, 0.29) is 12.3 Å². The minimum atomic E-state index is -1.01. The van der Waals surface area contributed by atoms with Crippen molar-refractivity contribution in [2.24, 2.45) is 5.73 Å². The molecule has 1 aliphatic heterocycles. The fourth-order valence-electron chi connectivity index (χ4n) is 3.18. The molecule has 8 heteroatoms. The molecule has 0 saturated carbocycles. The van der Waals surface area contributed by atoms with Crippen molar-refractivity contribution < 1.29 is 14.7 Å². The van der Waals surface area contributed by atoms with E-state index < -0.39 is 18.1 Å². The van der Waals surface area contributed by atoms with Crippen molar-refractivity contribution in [1.29, 1.82) is 0 Å². The van der Waals surface area contributed by atoms with Gasteiger partial charge in [-0.2, -0.15) is 0 Å². The molecular formula is C19H19Cl2N3O3. The maximum Gasteiger partial charge on any atom is 0.326 e. The van der Waals surface area contributed by atoms with Gasteiger partial charge in [0.2, 0.25) is 0 Å². The van der Waals surface area contributed by atoms with Crippen LogP contribution in [0.2, 0.25) is 10.0 Å². The lowest BCUT2D eigenvalue weighted by Crippen LogP contribution is -2.41. The SMILES string of the molecule is NCCc1ccc(C(=O)NC2CC(C(=O)O)Nc3cc(Cl)cc(Cl)c32)cc1. The monoisotopic (exact) mass is 407 g/mol. The van der Waals surface area contributed by atoms with Gasteiger partial charge in [-0.1, -0.05) is 35.3 Å². The molecule has 142 valence electrons. The molecule has 3 rings (SSSR count). The first-order valence-electron chi connectivity index (χ1n) is 8.47. The van der Waals surface area contributed by atoms with Gasteiger partial charge in [-0.25, -0.2) is 4.79 Å². The van der Waals surface area contributed by atoms with Crippen LogP contribution in [0.4, 0.5) is 5.69 Å². The molecule has 1 amide bonds. The Kier molecular flexibility index (Phi) is 5.89. The molecule has 6 nitrogen and oxygen atoms in total. The number of nitrogens with two attached hydrogens (primary N) is 1. The number of hydrogen-bond acceptors (Lipinski definition) is 4. The maximum absolute atomic E-state index is 12.7. The molecule has 1 aliphatic rings. The summed E-state index contributed by atoms with van der Waals surface area (Å²) in [5.74, 6) is -1.32. The number of anilines is 1. The van der Waals surface area contributed by atoms with Gasteiger partial charge < -0.3 is 21.5 Å². The fraction of sp³-hybridized carbons (Fsp3) is 0.263. The molecule has 0 bridgehead atoms. The first kappa shape index (κ1) is 19.5. The normalized spacial score (nSPS) is 18.3. The first-order chi connectivity index (χ1) is 12.9. The van der Waals surface area contributed by atoms with Crippen LogP contribution in [0.25, 0.3) is 0 Å². The second-order valence-electron chi connectivity index (χ2n) is 6.38. The van der Waals surface area contributed by atoms with Gasteiger partial charge in [0, 0.05) is 33.3 Å². The average molecular weight is 408 g/mol. The Balaban J connectivity index is 1.86. The Morgan fingerprint density at radius 1 is 1.22 bits per heavy atom. The summed E-state index contributed by atoms with van der Waals surface area (Å²) in [6, 6.07) is 8.92. The van der Waals surface area contributed by atoms with Crippen LogP contribution >= 0.6 is 23.2 Å². The number of benzene rings is 2. The van der Waals surface area contributed by atoms with Crippen LogP contribution in [0.15, 0.2) is 36.4 Å². The summed E-state index contributed by atoms with van der Waals surface area (Å²) >= 11 is 12.4. The smallest absolute Gasteiger partial charge is 0.326 e. The molecule has 2 aromatic rings. The van der Waals surface area contributed by atoms with E-state index in [1.807, 2.05) is 12.1 Å². The van der Waals surface area contributed by atoms with Gasteiger partial charge in [0.05, 0.1) is 6.04 Å². The van der Waals surface area contributed by atoms with E-state index in [0.717, 1.165) is 12.0 Å². The van der Waals surface area contributed by atoms with Crippen LogP contribution in [-0.2, 0) is 11.2 Å². The van der Waals surface area contributed by atoms with E-state index in [1.165, 1.54) is 0 Å². The lowest BCUT2D eigenvalue weighted by atomic mass is 9.92. The molecule has 2 unspecified atom stereocenters. The third-order valence-corrected chi connectivity index (χ3v) is 5.03. The molecule has 0 aliphatic carbocycles. The highest BCUT2D eigenvalue weighted by molar-refractivity contribution is 6.35. The van der Waals surface area contributed by atoms with E-state index >= 15 is 0 Å². The van der Waals surface area contributed by atoms with Crippen LogP contribution in [0.3, 0.4) is 0 Å². The predicted molar refractivity (Wildman–Crippen MR) is 106 cm³/mol. The molecule has 2 atom stereocenters. The standard InChI is InChI=1S/C19H19Cl2N3O3/c20-12-7-13(21)17-14(8-12)23-16(19(26)27)9-15(17)24-18(25)11-3-1-10(2-4-11)5-6-22/h1-4,7-8,15-16,23H,5-6,9,22H2,(H,24,25)(H,26,27). The summed E-state index contributed by atoms with van der Waals surface area (Å²) in [5, 5.41) is 16.0. The van der Waals surface area contributed by atoms with E-state index in [1.54, 1.807) is 24.3 Å². The number of amides is 1. The number of carboxylic acid groups (broad SMARTS) is 1. The van der Waals surface area contributed by atoms with E-state index in [9.17, 15) is 14.7 Å². The Morgan fingerprint density at radius 3 is 2.56 bits per heavy atom. The maximum atomic E-state index is 12.7. The van der Waals surface area contributed by atoms with E-state index in [4.69, 9.17) is 28.9 Å². The van der Waals surface area contributed by atoms with Crippen LogP contribution in [0.1, 0.15) is 33.9 Å². The number of halogens is 2. The van der Waals surface area contributed by atoms with Gasteiger partial charge >= 0.3 is 5.97 Å². The second-order valence-corrected chi connectivity index (χ2v) is 7.22. The molecule has 27 heavy (non-hydrogen) atoms. The van der Waals surface area contributed by atoms with Crippen LogP contribution in [0.5, 0.6) is 0 Å². The zero-order valence-corrected chi connectivity index (χ0v) is 15.8. The summed E-state index contributed by atoms with van der Waals surface area (Å²) in [5.41, 5.74) is 8.20. The topological polar surface area (TPSA) is 104 Å². The lowest BCUT2D eigenvalue weighted by molar-refractivity contribution is -0.138. The lowest BCUT2D eigenvalue weighted by Gasteiger charge is -2.32. The molecule has 2 aromatic carbocycles. The minimum absolute atomic E-state index is 0.167. The summed E-state index contributed by atoms with van der Waals surface area (Å²) in [6.07, 6.45) is 0.904. The summed E-state index contributed by atoms with van der Waals surface area (Å²) < 4.78 is 0. The van der Waals surface area contributed by atoms with Gasteiger partial charge in [-0.3, -0.25) is 4.79 Å². The molecule has 1 heterocycles. The van der Waals surface area contributed by atoms with Crippen molar-refractivity contribution >= 4 is 40.8 Å². The third-order valence-electron chi connectivity index (χ3n) is 4.50. The number of aliphatic carboxylic acids is 1. The Morgan fingerprint density at radius 2 is 1.93 bits per heavy atom. The summed E-state index contributed by atoms with van der Waals surface area (Å²) in [4.78, 5) is 24.2. The largest absolute Gasteiger partial charge is 0.480 e. The number of hydrogen-bond donors (Lipinski definition) is 4. The summed E-state index contributed by atoms with van der Waals surface area (Å²) in [7, 11) is 0. The quantitative estimate of drug-likeness (QED) is 0.608. The highest BCUT2D eigenvalue weighted by atomic mass is 35.5. The second kappa shape index (κ2) is 8.17. The van der Waals surface area contributed by atoms with Crippen molar-refractivity contribution in [2.75, 3.05) is 11.9 Å². The van der Waals surface area contributed by atoms with Crippen molar-refractivity contribution in [3.63, 3.8) is 0 Å². The number of fused-ring (bicyclic) bond motifs is 1. The number of nitrogens with one attached hydrogen (secondary N) is 2. The van der Waals surface area contributed by atoms with E-state index in [2.05, 4.69) is 10.6 Å². The molecule has 0 saturated heterocycles. The van der Waals surface area contributed by atoms with Gasteiger partial charge in [0.15, 0.2) is 0 Å². The fourth-order valence-corrected chi connectivity index (χ4v) is 3.81.